The monoisotopic (exact) mass is 427 g/mol. The maximum absolute atomic E-state index is 13.1. The van der Waals surface area contributed by atoms with Gasteiger partial charge in [-0.3, -0.25) is 0 Å². The van der Waals surface area contributed by atoms with Gasteiger partial charge >= 0.3 is 6.18 Å². The first-order chi connectivity index (χ1) is 13.5. The zero-order chi connectivity index (χ0) is 21.3. The van der Waals surface area contributed by atoms with Crippen LogP contribution in [-0.2, 0) is 16.2 Å². The number of benzene rings is 1. The van der Waals surface area contributed by atoms with Crippen LogP contribution < -0.4 is 9.88 Å². The number of ether oxygens (including phenoxy) is 1. The van der Waals surface area contributed by atoms with E-state index in [0.717, 1.165) is 10.7 Å². The van der Waals surface area contributed by atoms with Crippen LogP contribution in [0.5, 0.6) is 5.88 Å². The zero-order valence-electron chi connectivity index (χ0n) is 14.9. The number of hydrogen-bond acceptors (Lipinski definition) is 6. The van der Waals surface area contributed by atoms with Crippen molar-refractivity contribution in [3.8, 4) is 23.9 Å². The average Bonchev–Trinajstić information content (AvgIpc) is 3.27. The van der Waals surface area contributed by atoms with Crippen LogP contribution in [0.25, 0.3) is 5.69 Å². The van der Waals surface area contributed by atoms with Crippen LogP contribution in [0, 0.1) is 12.3 Å². The lowest BCUT2D eigenvalue weighted by Gasteiger charge is -2.12. The molecule has 0 saturated carbocycles. The molecule has 0 unspecified atom stereocenters. The lowest BCUT2D eigenvalue weighted by Crippen LogP contribution is -2.16. The second-order valence-electron chi connectivity index (χ2n) is 6.30. The molecule has 0 aliphatic carbocycles. The fraction of sp³-hybridized carbons (Fsp3) is 0.353. The Balaban J connectivity index is 1.81. The van der Waals surface area contributed by atoms with Gasteiger partial charge in [-0.1, -0.05) is 0 Å². The molecule has 12 heteroatoms. The molecular formula is C17H16F3N5O3S. The van der Waals surface area contributed by atoms with Crippen LogP contribution in [0.4, 0.5) is 13.2 Å². The Labute approximate surface area is 164 Å². The van der Waals surface area contributed by atoms with Crippen molar-refractivity contribution in [1.29, 1.82) is 0 Å². The largest absolute Gasteiger partial charge is 0.477 e. The minimum atomic E-state index is -4.68. The molecule has 0 fully saturated rings. The van der Waals surface area contributed by atoms with Crippen molar-refractivity contribution in [3.05, 3.63) is 36.0 Å². The summed E-state index contributed by atoms with van der Waals surface area (Å²) >= 11 is 0. The van der Waals surface area contributed by atoms with Gasteiger partial charge in [0.25, 0.3) is 0 Å². The molecule has 1 aliphatic rings. The van der Waals surface area contributed by atoms with Crippen molar-refractivity contribution in [3.63, 3.8) is 0 Å². The number of hydrogen-bond donors (Lipinski definition) is 1. The molecule has 0 radical (unpaired) electrons. The first-order valence-electron chi connectivity index (χ1n) is 8.35. The normalized spacial score (nSPS) is 15.1. The van der Waals surface area contributed by atoms with Crippen molar-refractivity contribution >= 4 is 10.0 Å². The van der Waals surface area contributed by atoms with Gasteiger partial charge in [-0.05, 0) is 24.3 Å². The van der Waals surface area contributed by atoms with E-state index in [4.69, 9.17) is 16.3 Å². The smallest absolute Gasteiger partial charge is 0.435 e. The third-order valence-electron chi connectivity index (χ3n) is 4.18. The standard InChI is InChI=1S/C17H16F3N5O3S/c1-2-3-8-16(23-24-16)9-10-28-15-11-14(17(18,19)20)22-25(15)12-4-6-13(7-5-12)29(21,26)27/h1,4-7,11H,3,8-10H2,(H2,21,26,27). The predicted octanol–water partition coefficient (Wildman–Crippen LogP) is 2.88. The second kappa shape index (κ2) is 7.49. The lowest BCUT2D eigenvalue weighted by atomic mass is 10.1. The molecule has 2 N–H and O–H groups in total. The third kappa shape index (κ3) is 4.93. The number of aromatic nitrogens is 2. The fourth-order valence-corrected chi connectivity index (χ4v) is 3.07. The Morgan fingerprint density at radius 1 is 1.21 bits per heavy atom. The fourth-order valence-electron chi connectivity index (χ4n) is 2.55. The van der Waals surface area contributed by atoms with E-state index in [9.17, 15) is 21.6 Å². The van der Waals surface area contributed by atoms with E-state index in [1.807, 2.05) is 0 Å². The van der Waals surface area contributed by atoms with Gasteiger partial charge in [-0.2, -0.15) is 28.5 Å². The SMILES string of the molecule is C#CCCC1(CCOc2cc(C(F)(F)F)nn2-c2ccc(S(N)(=O)=O)cc2)N=N1. The van der Waals surface area contributed by atoms with E-state index in [0.29, 0.717) is 19.3 Å². The van der Waals surface area contributed by atoms with Crippen molar-refractivity contribution in [2.24, 2.45) is 15.4 Å². The molecule has 2 aromatic rings. The van der Waals surface area contributed by atoms with Gasteiger partial charge in [0.2, 0.25) is 15.9 Å². The molecule has 2 heterocycles. The Morgan fingerprint density at radius 3 is 2.38 bits per heavy atom. The van der Waals surface area contributed by atoms with E-state index < -0.39 is 27.6 Å². The van der Waals surface area contributed by atoms with E-state index in [2.05, 4.69) is 21.2 Å². The van der Waals surface area contributed by atoms with Crippen LogP contribution in [0.2, 0.25) is 0 Å². The van der Waals surface area contributed by atoms with Crippen LogP contribution in [0.1, 0.15) is 25.0 Å². The summed E-state index contributed by atoms with van der Waals surface area (Å²) in [5.74, 6) is 2.33. The number of nitrogens with two attached hydrogens (primary N) is 1. The highest BCUT2D eigenvalue weighted by atomic mass is 32.2. The maximum Gasteiger partial charge on any atom is 0.435 e. The van der Waals surface area contributed by atoms with Gasteiger partial charge in [0, 0.05) is 25.3 Å². The van der Waals surface area contributed by atoms with Gasteiger partial charge in [0.1, 0.15) is 0 Å². The number of alkyl halides is 3. The quantitative estimate of drug-likeness (QED) is 0.653. The molecule has 0 bridgehead atoms. The molecule has 1 aromatic heterocycles. The van der Waals surface area contributed by atoms with Gasteiger partial charge in [-0.15, -0.1) is 12.3 Å². The summed E-state index contributed by atoms with van der Waals surface area (Å²) in [6.07, 6.45) is 1.90. The zero-order valence-corrected chi connectivity index (χ0v) is 15.7. The summed E-state index contributed by atoms with van der Waals surface area (Å²) in [4.78, 5) is -0.181. The number of rotatable bonds is 8. The van der Waals surface area contributed by atoms with Crippen LogP contribution >= 0.6 is 0 Å². The molecule has 154 valence electrons. The number of primary sulfonamides is 1. The second-order valence-corrected chi connectivity index (χ2v) is 7.86. The molecule has 8 nitrogen and oxygen atoms in total. The van der Waals surface area contributed by atoms with E-state index in [1.165, 1.54) is 24.3 Å². The summed E-state index contributed by atoms with van der Waals surface area (Å²) in [6, 6.07) is 5.66. The van der Waals surface area contributed by atoms with Gasteiger partial charge < -0.3 is 4.74 Å². The molecule has 0 amide bonds. The van der Waals surface area contributed by atoms with Gasteiger partial charge in [-0.25, -0.2) is 18.2 Å². The summed E-state index contributed by atoms with van der Waals surface area (Å²) in [5.41, 5.74) is -1.61. The highest BCUT2D eigenvalue weighted by molar-refractivity contribution is 7.89. The Hall–Kier alpha value is -2.91. The molecule has 0 saturated heterocycles. The third-order valence-corrected chi connectivity index (χ3v) is 5.11. The minimum Gasteiger partial charge on any atom is -0.477 e. The van der Waals surface area contributed by atoms with E-state index >= 15 is 0 Å². The molecule has 0 atom stereocenters. The molecule has 0 spiro atoms. The van der Waals surface area contributed by atoms with Gasteiger partial charge in [0.15, 0.2) is 11.4 Å². The number of nitrogens with zero attached hydrogens (tertiary/aromatic N) is 4. The molecule has 1 aliphatic heterocycles. The van der Waals surface area contributed by atoms with Gasteiger partial charge in [0.05, 0.1) is 17.2 Å². The Bertz CT molecular complexity index is 1060. The highest BCUT2D eigenvalue weighted by Crippen LogP contribution is 2.37. The molecule has 3 rings (SSSR count). The summed E-state index contributed by atoms with van der Waals surface area (Å²) in [6.45, 7) is 0.0375. The molecular weight excluding hydrogens is 411 g/mol. The van der Waals surface area contributed by atoms with Crippen LogP contribution in [0.15, 0.2) is 45.5 Å². The summed E-state index contributed by atoms with van der Waals surface area (Å²) in [5, 5.41) is 16.4. The topological polar surface area (TPSA) is 112 Å². The number of terminal acetylenes is 1. The summed E-state index contributed by atoms with van der Waals surface area (Å²) < 4.78 is 68.5. The summed E-state index contributed by atoms with van der Waals surface area (Å²) in [7, 11) is -3.94. The van der Waals surface area contributed by atoms with E-state index in [1.54, 1.807) is 0 Å². The van der Waals surface area contributed by atoms with E-state index in [-0.39, 0.29) is 23.1 Å². The Kier molecular flexibility index (Phi) is 5.38. The maximum atomic E-state index is 13.1. The van der Waals surface area contributed by atoms with Crippen LogP contribution in [-0.4, -0.2) is 30.5 Å². The van der Waals surface area contributed by atoms with Crippen molar-refractivity contribution in [1.82, 2.24) is 9.78 Å². The number of sulfonamides is 1. The first-order valence-corrected chi connectivity index (χ1v) is 9.90. The lowest BCUT2D eigenvalue weighted by molar-refractivity contribution is -0.141. The molecule has 1 aromatic carbocycles. The van der Waals surface area contributed by atoms with Crippen molar-refractivity contribution < 1.29 is 26.3 Å². The van der Waals surface area contributed by atoms with Crippen molar-refractivity contribution in [2.45, 2.75) is 36.0 Å². The average molecular weight is 427 g/mol. The minimum absolute atomic E-state index is 0.0375. The number of halogens is 3. The highest BCUT2D eigenvalue weighted by Gasteiger charge is 2.39. The Morgan fingerprint density at radius 2 is 1.86 bits per heavy atom. The predicted molar refractivity (Wildman–Crippen MR) is 95.7 cm³/mol. The first kappa shape index (κ1) is 20.8. The van der Waals surface area contributed by atoms with Crippen molar-refractivity contribution in [2.75, 3.05) is 6.61 Å². The molecule has 29 heavy (non-hydrogen) atoms. The van der Waals surface area contributed by atoms with Crippen LogP contribution in [0.3, 0.4) is 0 Å².